The van der Waals surface area contributed by atoms with Gasteiger partial charge in [0.1, 0.15) is 5.76 Å². The Hall–Kier alpha value is -1.90. The molecular weight excluding hydrogens is 422 g/mol. The van der Waals surface area contributed by atoms with Gasteiger partial charge in [-0.1, -0.05) is 30.0 Å². The lowest BCUT2D eigenvalue weighted by atomic mass is 10.2. The van der Waals surface area contributed by atoms with Crippen LogP contribution in [0, 0.1) is 6.92 Å². The van der Waals surface area contributed by atoms with E-state index in [0.717, 1.165) is 26.4 Å². The fraction of sp³-hybridized carbons (Fsp3) is 0.118. The van der Waals surface area contributed by atoms with Gasteiger partial charge in [0, 0.05) is 10.2 Å². The predicted molar refractivity (Wildman–Crippen MR) is 102 cm³/mol. The highest BCUT2D eigenvalue weighted by Gasteiger charge is 2.15. The molecule has 0 unspecified atom stereocenters. The zero-order valence-electron chi connectivity index (χ0n) is 13.1. The summed E-state index contributed by atoms with van der Waals surface area (Å²) in [5.41, 5.74) is 1.76. The first-order valence-electron chi connectivity index (χ1n) is 7.42. The molecule has 0 aliphatic rings. The van der Waals surface area contributed by atoms with E-state index in [1.165, 1.54) is 11.8 Å². The van der Waals surface area contributed by atoms with Crippen LogP contribution in [0.4, 0.5) is 0 Å². The van der Waals surface area contributed by atoms with Crippen molar-refractivity contribution in [3.63, 3.8) is 0 Å². The number of aromatic nitrogens is 3. The van der Waals surface area contributed by atoms with E-state index < -0.39 is 0 Å². The summed E-state index contributed by atoms with van der Waals surface area (Å²) in [5, 5.41) is 10.7. The number of halogens is 1. The maximum absolute atomic E-state index is 5.75. The van der Waals surface area contributed by atoms with Crippen LogP contribution in [0.2, 0.25) is 0 Å². The summed E-state index contributed by atoms with van der Waals surface area (Å²) in [4.78, 5) is 5.59. The molecule has 0 radical (unpaired) electrons. The Labute approximate surface area is 160 Å². The van der Waals surface area contributed by atoms with Crippen molar-refractivity contribution in [2.45, 2.75) is 17.9 Å². The minimum absolute atomic E-state index is 0.492. The van der Waals surface area contributed by atoms with Crippen LogP contribution in [0.25, 0.3) is 22.2 Å². The molecule has 8 heteroatoms. The first-order valence-corrected chi connectivity index (χ1v) is 10.1. The van der Waals surface area contributed by atoms with E-state index in [1.54, 1.807) is 11.3 Å². The van der Waals surface area contributed by atoms with Gasteiger partial charge < -0.3 is 8.83 Å². The second-order valence-electron chi connectivity index (χ2n) is 5.14. The molecule has 4 aromatic rings. The summed E-state index contributed by atoms with van der Waals surface area (Å²) in [7, 11) is 0. The Morgan fingerprint density at radius 1 is 1.08 bits per heavy atom. The molecule has 0 aliphatic carbocycles. The summed E-state index contributed by atoms with van der Waals surface area (Å²) >= 11 is 6.54. The molecule has 3 heterocycles. The predicted octanol–water partition coefficient (Wildman–Crippen LogP) is 5.82. The Bertz CT molecular complexity index is 995. The van der Waals surface area contributed by atoms with Gasteiger partial charge in [0.2, 0.25) is 11.8 Å². The lowest BCUT2D eigenvalue weighted by Gasteiger charge is -1.97. The molecule has 0 aliphatic heterocycles. The summed E-state index contributed by atoms with van der Waals surface area (Å²) in [6.07, 6.45) is 0. The van der Waals surface area contributed by atoms with Crippen LogP contribution < -0.4 is 0 Å². The molecule has 5 nitrogen and oxygen atoms in total. The van der Waals surface area contributed by atoms with Crippen molar-refractivity contribution in [2.75, 3.05) is 0 Å². The van der Waals surface area contributed by atoms with Gasteiger partial charge in [0.25, 0.3) is 5.22 Å². The molecule has 4 rings (SSSR count). The van der Waals surface area contributed by atoms with Crippen molar-refractivity contribution >= 4 is 39.0 Å². The Morgan fingerprint density at radius 3 is 2.76 bits per heavy atom. The van der Waals surface area contributed by atoms with Crippen molar-refractivity contribution < 1.29 is 8.83 Å². The molecule has 0 N–H and O–H groups in total. The van der Waals surface area contributed by atoms with Crippen LogP contribution >= 0.6 is 39.0 Å². The van der Waals surface area contributed by atoms with Crippen LogP contribution in [0.15, 0.2) is 60.3 Å². The molecule has 126 valence electrons. The lowest BCUT2D eigenvalue weighted by Crippen LogP contribution is -1.84. The normalized spacial score (nSPS) is 11.1. The highest BCUT2D eigenvalue weighted by atomic mass is 79.9. The molecule has 0 spiro atoms. The van der Waals surface area contributed by atoms with Crippen molar-refractivity contribution in [1.82, 2.24) is 15.2 Å². The van der Waals surface area contributed by atoms with E-state index in [0.29, 0.717) is 22.8 Å². The number of hydrogen-bond donors (Lipinski definition) is 0. The Balaban J connectivity index is 1.48. The van der Waals surface area contributed by atoms with E-state index in [-0.39, 0.29) is 0 Å². The maximum Gasteiger partial charge on any atom is 0.277 e. The van der Waals surface area contributed by atoms with Crippen LogP contribution in [-0.4, -0.2) is 15.2 Å². The molecule has 1 aromatic carbocycles. The average Bonchev–Trinajstić information content (AvgIpc) is 3.34. The largest absolute Gasteiger partial charge is 0.440 e. The molecule has 0 bridgehead atoms. The molecule has 25 heavy (non-hydrogen) atoms. The number of benzene rings is 1. The third-order valence-corrected chi connectivity index (χ3v) is 5.85. The third-order valence-electron chi connectivity index (χ3n) is 3.47. The molecule has 0 saturated carbocycles. The number of oxazole rings is 1. The lowest BCUT2D eigenvalue weighted by molar-refractivity contribution is 0.465. The van der Waals surface area contributed by atoms with Gasteiger partial charge in [-0.15, -0.1) is 21.5 Å². The minimum atomic E-state index is 0.492. The van der Waals surface area contributed by atoms with Crippen LogP contribution in [-0.2, 0) is 5.75 Å². The van der Waals surface area contributed by atoms with Gasteiger partial charge in [-0.3, -0.25) is 0 Å². The zero-order valence-corrected chi connectivity index (χ0v) is 16.3. The van der Waals surface area contributed by atoms with Gasteiger partial charge in [-0.2, -0.15) is 0 Å². The molecule has 0 atom stereocenters. The van der Waals surface area contributed by atoms with Gasteiger partial charge in [-0.25, -0.2) is 4.98 Å². The van der Waals surface area contributed by atoms with Crippen molar-refractivity contribution in [3.05, 3.63) is 57.7 Å². The SMILES string of the molecule is Cc1oc(-c2cccs2)nc1CSc1nnc(-c2ccccc2Br)o1. The van der Waals surface area contributed by atoms with Gasteiger partial charge in [-0.05, 0) is 46.4 Å². The van der Waals surface area contributed by atoms with E-state index in [4.69, 9.17) is 8.83 Å². The van der Waals surface area contributed by atoms with Crippen LogP contribution in [0.1, 0.15) is 11.5 Å². The van der Waals surface area contributed by atoms with Crippen molar-refractivity contribution in [1.29, 1.82) is 0 Å². The van der Waals surface area contributed by atoms with Crippen molar-refractivity contribution in [2.24, 2.45) is 0 Å². The van der Waals surface area contributed by atoms with E-state index in [9.17, 15) is 0 Å². The highest BCUT2D eigenvalue weighted by molar-refractivity contribution is 9.10. The number of rotatable bonds is 5. The first kappa shape index (κ1) is 16.6. The van der Waals surface area contributed by atoms with Crippen LogP contribution in [0.3, 0.4) is 0 Å². The van der Waals surface area contributed by atoms with Crippen LogP contribution in [0.5, 0.6) is 0 Å². The average molecular weight is 434 g/mol. The van der Waals surface area contributed by atoms with Crippen molar-refractivity contribution in [3.8, 4) is 22.2 Å². The third kappa shape index (κ3) is 3.56. The number of aryl methyl sites for hydroxylation is 1. The number of thioether (sulfide) groups is 1. The highest BCUT2D eigenvalue weighted by Crippen LogP contribution is 2.32. The summed E-state index contributed by atoms with van der Waals surface area (Å²) < 4.78 is 12.4. The number of hydrogen-bond acceptors (Lipinski definition) is 7. The monoisotopic (exact) mass is 433 g/mol. The second kappa shape index (κ2) is 7.15. The molecular formula is C17H12BrN3O2S2. The summed E-state index contributed by atoms with van der Waals surface area (Å²) in [6.45, 7) is 1.92. The summed E-state index contributed by atoms with van der Waals surface area (Å²) in [5.74, 6) is 2.56. The quantitative estimate of drug-likeness (QED) is 0.369. The van der Waals surface area contributed by atoms with E-state index in [2.05, 4.69) is 31.1 Å². The topological polar surface area (TPSA) is 65.0 Å². The fourth-order valence-corrected chi connectivity index (χ4v) is 4.08. The fourth-order valence-electron chi connectivity index (χ4n) is 2.21. The zero-order chi connectivity index (χ0) is 17.2. The Morgan fingerprint density at radius 2 is 1.96 bits per heavy atom. The maximum atomic E-state index is 5.75. The summed E-state index contributed by atoms with van der Waals surface area (Å²) in [6, 6.07) is 11.7. The van der Waals surface area contributed by atoms with Gasteiger partial charge in [0.15, 0.2) is 0 Å². The standard InChI is InChI=1S/C17H12BrN3O2S2/c1-10-13(19-16(22-10)14-7-4-8-24-14)9-25-17-21-20-15(23-17)11-5-2-3-6-12(11)18/h2-8H,9H2,1H3. The molecule has 0 fully saturated rings. The van der Waals surface area contributed by atoms with Gasteiger partial charge in [0.05, 0.1) is 16.1 Å². The first-order chi connectivity index (χ1) is 12.2. The number of nitrogens with zero attached hydrogens (tertiary/aromatic N) is 3. The smallest absolute Gasteiger partial charge is 0.277 e. The van der Waals surface area contributed by atoms with E-state index in [1.807, 2.05) is 48.7 Å². The second-order valence-corrected chi connectivity index (χ2v) is 7.87. The molecule has 0 amide bonds. The number of thiophene rings is 1. The molecule has 3 aromatic heterocycles. The Kier molecular flexibility index (Phi) is 4.74. The minimum Gasteiger partial charge on any atom is -0.440 e. The van der Waals surface area contributed by atoms with Gasteiger partial charge >= 0.3 is 0 Å². The molecule has 0 saturated heterocycles. The van der Waals surface area contributed by atoms with E-state index >= 15 is 0 Å².